The Kier molecular flexibility index (Phi) is 3.03. The number of thiophene rings is 1. The molecule has 0 saturated carbocycles. The Labute approximate surface area is 97.4 Å². The van der Waals surface area contributed by atoms with Gasteiger partial charge in [-0.1, -0.05) is 0 Å². The van der Waals surface area contributed by atoms with Crippen LogP contribution in [-0.2, 0) is 6.54 Å². The van der Waals surface area contributed by atoms with Crippen molar-refractivity contribution in [2.45, 2.75) is 6.54 Å². The molecule has 3 N–H and O–H groups in total. The predicted octanol–water partition coefficient (Wildman–Crippen LogP) is 2.21. The Bertz CT molecular complexity index is 513. The number of hydrogen-bond donors (Lipinski definition) is 2. The highest BCUT2D eigenvalue weighted by Crippen LogP contribution is 2.19. The van der Waals surface area contributed by atoms with E-state index in [4.69, 9.17) is 11.0 Å². The second kappa shape index (κ2) is 4.64. The molecule has 0 aliphatic heterocycles. The fourth-order valence-corrected chi connectivity index (χ4v) is 1.96. The number of nitriles is 1. The molecule has 0 fully saturated rings. The summed E-state index contributed by atoms with van der Waals surface area (Å²) in [4.78, 5) is 4.10. The van der Waals surface area contributed by atoms with E-state index in [1.165, 1.54) is 5.56 Å². The van der Waals surface area contributed by atoms with Gasteiger partial charge in [-0.2, -0.15) is 16.6 Å². The number of anilines is 2. The van der Waals surface area contributed by atoms with Crippen LogP contribution in [0.3, 0.4) is 0 Å². The minimum Gasteiger partial charge on any atom is -0.395 e. The molecule has 0 radical (unpaired) electrons. The van der Waals surface area contributed by atoms with Gasteiger partial charge in [0.2, 0.25) is 0 Å². The van der Waals surface area contributed by atoms with E-state index in [1.807, 2.05) is 17.5 Å². The van der Waals surface area contributed by atoms with Crippen molar-refractivity contribution < 1.29 is 0 Å². The molecule has 0 bridgehead atoms. The molecular weight excluding hydrogens is 220 g/mol. The molecule has 0 amide bonds. The molecule has 2 heterocycles. The highest BCUT2D eigenvalue weighted by atomic mass is 32.1. The third-order valence-electron chi connectivity index (χ3n) is 2.15. The van der Waals surface area contributed by atoms with Gasteiger partial charge in [0.15, 0.2) is 5.82 Å². The lowest BCUT2D eigenvalue weighted by Crippen LogP contribution is -2.05. The number of pyridine rings is 1. The Morgan fingerprint density at radius 1 is 1.50 bits per heavy atom. The standard InChI is InChI=1S/C11H10N4S/c12-5-9-1-3-14-11(10(9)13)15-6-8-2-4-16-7-8/h1-4,7H,6,13H2,(H,14,15). The van der Waals surface area contributed by atoms with Gasteiger partial charge in [-0.3, -0.25) is 0 Å². The van der Waals surface area contributed by atoms with E-state index in [-0.39, 0.29) is 0 Å². The summed E-state index contributed by atoms with van der Waals surface area (Å²) < 4.78 is 0. The average molecular weight is 230 g/mol. The molecule has 2 aromatic heterocycles. The van der Waals surface area contributed by atoms with Gasteiger partial charge in [-0.25, -0.2) is 4.98 Å². The molecule has 0 unspecified atom stereocenters. The van der Waals surface area contributed by atoms with Gasteiger partial charge in [0, 0.05) is 12.7 Å². The minimum atomic E-state index is 0.403. The molecule has 0 spiro atoms. The van der Waals surface area contributed by atoms with E-state index in [9.17, 15) is 0 Å². The molecule has 5 heteroatoms. The zero-order chi connectivity index (χ0) is 11.4. The van der Waals surface area contributed by atoms with Crippen LogP contribution in [-0.4, -0.2) is 4.98 Å². The van der Waals surface area contributed by atoms with Gasteiger partial charge in [-0.05, 0) is 28.5 Å². The van der Waals surface area contributed by atoms with Crippen molar-refractivity contribution in [2.24, 2.45) is 0 Å². The van der Waals surface area contributed by atoms with Crippen molar-refractivity contribution in [3.63, 3.8) is 0 Å². The molecule has 16 heavy (non-hydrogen) atoms. The van der Waals surface area contributed by atoms with E-state index in [2.05, 4.69) is 15.7 Å². The smallest absolute Gasteiger partial charge is 0.150 e. The van der Waals surface area contributed by atoms with Gasteiger partial charge in [0.05, 0.1) is 11.3 Å². The summed E-state index contributed by atoms with van der Waals surface area (Å²) in [6.07, 6.45) is 1.57. The summed E-state index contributed by atoms with van der Waals surface area (Å²) >= 11 is 1.64. The van der Waals surface area contributed by atoms with Crippen LogP contribution in [0, 0.1) is 11.3 Å². The number of nitrogen functional groups attached to an aromatic ring is 1. The molecule has 0 aliphatic rings. The van der Waals surface area contributed by atoms with Crippen LogP contribution in [0.2, 0.25) is 0 Å². The van der Waals surface area contributed by atoms with Crippen molar-refractivity contribution in [3.05, 3.63) is 40.2 Å². The summed E-state index contributed by atoms with van der Waals surface area (Å²) in [5.41, 5.74) is 7.81. The maximum absolute atomic E-state index is 8.81. The number of aromatic nitrogens is 1. The number of nitrogens with one attached hydrogen (secondary N) is 1. The Morgan fingerprint density at radius 3 is 3.06 bits per heavy atom. The molecule has 0 atom stereocenters. The number of hydrogen-bond acceptors (Lipinski definition) is 5. The van der Waals surface area contributed by atoms with Crippen LogP contribution in [0.5, 0.6) is 0 Å². The molecule has 2 rings (SSSR count). The number of nitrogens with two attached hydrogens (primary N) is 1. The third-order valence-corrected chi connectivity index (χ3v) is 2.88. The summed E-state index contributed by atoms with van der Waals surface area (Å²) in [6.45, 7) is 0.662. The van der Waals surface area contributed by atoms with Gasteiger partial charge in [-0.15, -0.1) is 0 Å². The van der Waals surface area contributed by atoms with Gasteiger partial charge >= 0.3 is 0 Å². The second-order valence-corrected chi connectivity index (χ2v) is 4.00. The SMILES string of the molecule is N#Cc1ccnc(NCc2ccsc2)c1N. The maximum atomic E-state index is 8.81. The van der Waals surface area contributed by atoms with Gasteiger partial charge < -0.3 is 11.1 Å². The van der Waals surface area contributed by atoms with Crippen LogP contribution >= 0.6 is 11.3 Å². The Balaban J connectivity index is 2.13. The van der Waals surface area contributed by atoms with Crippen molar-refractivity contribution in [2.75, 3.05) is 11.1 Å². The minimum absolute atomic E-state index is 0.403. The fraction of sp³-hybridized carbons (Fsp3) is 0.0909. The van der Waals surface area contributed by atoms with E-state index in [1.54, 1.807) is 23.6 Å². The van der Waals surface area contributed by atoms with Crippen LogP contribution in [0.4, 0.5) is 11.5 Å². The van der Waals surface area contributed by atoms with E-state index >= 15 is 0 Å². The lowest BCUT2D eigenvalue weighted by atomic mass is 10.2. The van der Waals surface area contributed by atoms with Crippen molar-refractivity contribution in [1.29, 1.82) is 5.26 Å². The van der Waals surface area contributed by atoms with Crippen LogP contribution in [0.15, 0.2) is 29.1 Å². The van der Waals surface area contributed by atoms with Crippen LogP contribution in [0.1, 0.15) is 11.1 Å². The zero-order valence-corrected chi connectivity index (χ0v) is 9.29. The number of rotatable bonds is 3. The van der Waals surface area contributed by atoms with Crippen LogP contribution in [0.25, 0.3) is 0 Å². The monoisotopic (exact) mass is 230 g/mol. The number of nitrogens with zero attached hydrogens (tertiary/aromatic N) is 2. The average Bonchev–Trinajstić information content (AvgIpc) is 2.81. The van der Waals surface area contributed by atoms with Crippen molar-refractivity contribution in [1.82, 2.24) is 4.98 Å². The van der Waals surface area contributed by atoms with Gasteiger partial charge in [0.1, 0.15) is 6.07 Å². The first-order valence-corrected chi connectivity index (χ1v) is 5.65. The van der Waals surface area contributed by atoms with Crippen molar-refractivity contribution >= 4 is 22.8 Å². The highest BCUT2D eigenvalue weighted by molar-refractivity contribution is 7.07. The highest BCUT2D eigenvalue weighted by Gasteiger charge is 2.05. The first-order chi connectivity index (χ1) is 7.81. The first kappa shape index (κ1) is 10.5. The molecule has 2 aromatic rings. The largest absolute Gasteiger partial charge is 0.395 e. The van der Waals surface area contributed by atoms with Crippen LogP contribution < -0.4 is 11.1 Å². The summed E-state index contributed by atoms with van der Waals surface area (Å²) in [5.74, 6) is 0.560. The fourth-order valence-electron chi connectivity index (χ4n) is 1.29. The second-order valence-electron chi connectivity index (χ2n) is 3.22. The first-order valence-electron chi connectivity index (χ1n) is 4.71. The molecule has 0 aliphatic carbocycles. The van der Waals surface area contributed by atoms with E-state index < -0.39 is 0 Å². The quantitative estimate of drug-likeness (QED) is 0.847. The lowest BCUT2D eigenvalue weighted by Gasteiger charge is -2.07. The predicted molar refractivity (Wildman–Crippen MR) is 65.0 cm³/mol. The van der Waals surface area contributed by atoms with Crippen molar-refractivity contribution in [3.8, 4) is 6.07 Å². The summed E-state index contributed by atoms with van der Waals surface area (Å²) in [6, 6.07) is 5.66. The van der Waals surface area contributed by atoms with Gasteiger partial charge in [0.25, 0.3) is 0 Å². The normalized spacial score (nSPS) is 9.69. The molecule has 4 nitrogen and oxygen atoms in total. The van der Waals surface area contributed by atoms with E-state index in [0.717, 1.165) is 0 Å². The Hall–Kier alpha value is -2.06. The summed E-state index contributed by atoms with van der Waals surface area (Å²) in [5, 5.41) is 16.0. The lowest BCUT2D eigenvalue weighted by molar-refractivity contribution is 1.12. The summed E-state index contributed by atoms with van der Waals surface area (Å²) in [7, 11) is 0. The third kappa shape index (κ3) is 2.12. The molecular formula is C11H10N4S. The van der Waals surface area contributed by atoms with E-state index in [0.29, 0.717) is 23.6 Å². The topological polar surface area (TPSA) is 74.7 Å². The molecule has 0 saturated heterocycles. The Morgan fingerprint density at radius 2 is 2.38 bits per heavy atom. The zero-order valence-electron chi connectivity index (χ0n) is 8.47. The molecule has 0 aromatic carbocycles. The molecule has 80 valence electrons. The maximum Gasteiger partial charge on any atom is 0.150 e.